The van der Waals surface area contributed by atoms with Crippen molar-refractivity contribution in [3.8, 4) is 0 Å². The van der Waals surface area contributed by atoms with Crippen LogP contribution in [-0.2, 0) is 9.59 Å². The van der Waals surface area contributed by atoms with Crippen LogP contribution in [-0.4, -0.2) is 45.3 Å². The van der Waals surface area contributed by atoms with Crippen LogP contribution in [0.5, 0.6) is 0 Å². The number of carbonyl (C=O) groups is 2. The van der Waals surface area contributed by atoms with Crippen molar-refractivity contribution in [2.24, 2.45) is 5.92 Å². The van der Waals surface area contributed by atoms with E-state index in [9.17, 15) is 9.59 Å². The van der Waals surface area contributed by atoms with E-state index in [0.717, 1.165) is 66.5 Å². The zero-order valence-corrected chi connectivity index (χ0v) is 21.4. The lowest BCUT2D eigenvalue weighted by molar-refractivity contribution is -0.144. The molecule has 2 aromatic rings. The van der Waals surface area contributed by atoms with Crippen molar-refractivity contribution in [3.05, 3.63) is 35.0 Å². The Labute approximate surface area is 206 Å². The number of thiazole rings is 1. The minimum atomic E-state index is -0.717. The van der Waals surface area contributed by atoms with Crippen LogP contribution in [0.4, 0.5) is 10.9 Å². The van der Waals surface area contributed by atoms with Gasteiger partial charge in [0.1, 0.15) is 11.4 Å². The normalized spacial score (nSPS) is 18.6. The van der Waals surface area contributed by atoms with Crippen molar-refractivity contribution in [2.75, 3.05) is 18.4 Å². The predicted octanol–water partition coefficient (Wildman–Crippen LogP) is 5.16. The lowest BCUT2D eigenvalue weighted by Gasteiger charge is -2.42. The second-order valence-electron chi connectivity index (χ2n) is 10.2. The summed E-state index contributed by atoms with van der Waals surface area (Å²) >= 11 is 1.61. The molecule has 0 aromatic carbocycles. The average molecular weight is 484 g/mol. The van der Waals surface area contributed by atoms with E-state index in [1.54, 1.807) is 11.3 Å². The number of aromatic nitrogens is 2. The molecule has 1 saturated carbocycles. The van der Waals surface area contributed by atoms with Gasteiger partial charge < -0.3 is 15.5 Å². The third-order valence-corrected chi connectivity index (χ3v) is 7.74. The first-order valence-electron chi connectivity index (χ1n) is 12.6. The first-order valence-corrected chi connectivity index (χ1v) is 13.4. The number of rotatable bonds is 7. The van der Waals surface area contributed by atoms with E-state index in [4.69, 9.17) is 4.98 Å². The summed E-state index contributed by atoms with van der Waals surface area (Å²) in [6, 6.07) is 6.07. The molecule has 2 fully saturated rings. The summed E-state index contributed by atoms with van der Waals surface area (Å²) in [6.07, 6.45) is 8.71. The number of hydrogen-bond acceptors (Lipinski definition) is 6. The monoisotopic (exact) mass is 483 g/mol. The number of pyridine rings is 1. The van der Waals surface area contributed by atoms with Gasteiger partial charge in [-0.3, -0.25) is 9.59 Å². The molecular formula is C26H37N5O2S. The van der Waals surface area contributed by atoms with Gasteiger partial charge in [-0.2, -0.15) is 0 Å². The van der Waals surface area contributed by atoms with Crippen LogP contribution >= 0.6 is 11.3 Å². The van der Waals surface area contributed by atoms with Crippen molar-refractivity contribution in [2.45, 2.75) is 83.6 Å². The van der Waals surface area contributed by atoms with Crippen molar-refractivity contribution in [3.63, 3.8) is 0 Å². The van der Waals surface area contributed by atoms with Crippen molar-refractivity contribution >= 4 is 34.1 Å². The number of anilines is 2. The highest BCUT2D eigenvalue weighted by atomic mass is 32.1. The number of nitrogens with zero attached hydrogens (tertiary/aromatic N) is 3. The molecule has 2 aromatic heterocycles. The van der Waals surface area contributed by atoms with Crippen molar-refractivity contribution in [1.82, 2.24) is 20.2 Å². The summed E-state index contributed by atoms with van der Waals surface area (Å²) in [6.45, 7) is 7.52. The molecule has 1 aliphatic carbocycles. The summed E-state index contributed by atoms with van der Waals surface area (Å²) < 4.78 is 0. The van der Waals surface area contributed by atoms with E-state index in [-0.39, 0.29) is 17.7 Å². The molecule has 0 radical (unpaired) electrons. The maximum Gasteiger partial charge on any atom is 0.248 e. The molecule has 1 aliphatic heterocycles. The second kappa shape index (κ2) is 10.8. The van der Waals surface area contributed by atoms with Gasteiger partial charge in [0.2, 0.25) is 11.8 Å². The summed E-state index contributed by atoms with van der Waals surface area (Å²) in [4.78, 5) is 38.6. The Kier molecular flexibility index (Phi) is 7.86. The molecule has 184 valence electrons. The number of aryl methyl sites for hydroxylation is 1. The molecule has 0 atom stereocenters. The Hall–Kier alpha value is -2.48. The summed E-state index contributed by atoms with van der Waals surface area (Å²) in [5.41, 5.74) is 0.341. The molecule has 0 bridgehead atoms. The van der Waals surface area contributed by atoms with Gasteiger partial charge in [-0.25, -0.2) is 9.97 Å². The standard InChI is InChI=1S/C26H37N5O2S/c1-18(2)16-23(32)30-26(12-5-4-6-13-26)24(33)31-14-10-20(11-15-31)21-8-7-9-22(28-21)29-25-27-17-19(3)34-25/h7-9,17-18,20H,4-6,10-16H2,1-3H3,(H,30,32)(H,27,28,29). The maximum absolute atomic E-state index is 13.7. The van der Waals surface area contributed by atoms with Gasteiger partial charge in [-0.05, 0) is 50.7 Å². The topological polar surface area (TPSA) is 87.2 Å². The van der Waals surface area contributed by atoms with Gasteiger partial charge in [-0.15, -0.1) is 11.3 Å². The molecule has 3 heterocycles. The fourth-order valence-electron chi connectivity index (χ4n) is 5.19. The Morgan fingerprint density at radius 1 is 1.18 bits per heavy atom. The number of nitrogens with one attached hydrogen (secondary N) is 2. The number of piperidine rings is 1. The van der Waals surface area contributed by atoms with E-state index >= 15 is 0 Å². The zero-order chi connectivity index (χ0) is 24.1. The largest absolute Gasteiger partial charge is 0.342 e. The molecule has 2 aliphatic rings. The molecule has 4 rings (SSSR count). The SMILES string of the molecule is Cc1cnc(Nc2cccc(C3CCN(C(=O)C4(NC(=O)CC(C)C)CCCCC4)CC3)n2)s1. The maximum atomic E-state index is 13.7. The third kappa shape index (κ3) is 5.95. The Morgan fingerprint density at radius 2 is 1.91 bits per heavy atom. The average Bonchev–Trinajstić information content (AvgIpc) is 3.23. The van der Waals surface area contributed by atoms with E-state index in [1.165, 1.54) is 0 Å². The van der Waals surface area contributed by atoms with Crippen LogP contribution in [0.2, 0.25) is 0 Å². The van der Waals surface area contributed by atoms with Crippen LogP contribution < -0.4 is 10.6 Å². The van der Waals surface area contributed by atoms with E-state index in [0.29, 0.717) is 25.4 Å². The first kappa shape index (κ1) is 24.6. The molecule has 1 saturated heterocycles. The lowest BCUT2D eigenvalue weighted by Crippen LogP contribution is -2.61. The van der Waals surface area contributed by atoms with Crippen LogP contribution in [0, 0.1) is 12.8 Å². The molecule has 34 heavy (non-hydrogen) atoms. The first-order chi connectivity index (χ1) is 16.3. The molecule has 0 spiro atoms. The van der Waals surface area contributed by atoms with Gasteiger partial charge in [0.15, 0.2) is 5.13 Å². The highest BCUT2D eigenvalue weighted by Gasteiger charge is 2.44. The third-order valence-electron chi connectivity index (χ3n) is 6.92. The van der Waals surface area contributed by atoms with Crippen molar-refractivity contribution in [1.29, 1.82) is 0 Å². The Bertz CT molecular complexity index is 991. The highest BCUT2D eigenvalue weighted by molar-refractivity contribution is 7.15. The van der Waals surface area contributed by atoms with Crippen LogP contribution in [0.25, 0.3) is 0 Å². The number of likely N-dealkylation sites (tertiary alicyclic amines) is 1. The fraction of sp³-hybridized carbons (Fsp3) is 0.615. The zero-order valence-electron chi connectivity index (χ0n) is 20.6. The van der Waals surface area contributed by atoms with E-state index in [2.05, 4.69) is 21.7 Å². The minimum Gasteiger partial charge on any atom is -0.342 e. The van der Waals surface area contributed by atoms with Crippen molar-refractivity contribution < 1.29 is 9.59 Å². The van der Waals surface area contributed by atoms with Gasteiger partial charge in [0, 0.05) is 42.2 Å². The summed E-state index contributed by atoms with van der Waals surface area (Å²) in [5, 5.41) is 7.33. The second-order valence-corrected chi connectivity index (χ2v) is 11.4. The minimum absolute atomic E-state index is 0.00377. The smallest absolute Gasteiger partial charge is 0.248 e. The predicted molar refractivity (Wildman–Crippen MR) is 136 cm³/mol. The van der Waals surface area contributed by atoms with Gasteiger partial charge >= 0.3 is 0 Å². The molecule has 2 amide bonds. The van der Waals surface area contributed by atoms with Gasteiger partial charge in [0.25, 0.3) is 0 Å². The molecular weight excluding hydrogens is 446 g/mol. The molecule has 2 N–H and O–H groups in total. The fourth-order valence-corrected chi connectivity index (χ4v) is 5.86. The lowest BCUT2D eigenvalue weighted by atomic mass is 9.79. The quantitative estimate of drug-likeness (QED) is 0.568. The van der Waals surface area contributed by atoms with Gasteiger partial charge in [-0.1, -0.05) is 39.2 Å². The van der Waals surface area contributed by atoms with Crippen LogP contribution in [0.1, 0.15) is 81.7 Å². The number of amides is 2. The molecule has 8 heteroatoms. The summed E-state index contributed by atoms with van der Waals surface area (Å²) in [5.74, 6) is 1.53. The van der Waals surface area contributed by atoms with E-state index in [1.807, 2.05) is 44.0 Å². The summed E-state index contributed by atoms with van der Waals surface area (Å²) in [7, 11) is 0. The number of carbonyl (C=O) groups excluding carboxylic acids is 2. The van der Waals surface area contributed by atoms with Crippen LogP contribution in [0.15, 0.2) is 24.4 Å². The Balaban J connectivity index is 1.39. The van der Waals surface area contributed by atoms with E-state index < -0.39 is 5.54 Å². The van der Waals surface area contributed by atoms with Gasteiger partial charge in [0.05, 0.1) is 0 Å². The Morgan fingerprint density at radius 3 is 2.56 bits per heavy atom. The van der Waals surface area contributed by atoms with Crippen LogP contribution in [0.3, 0.4) is 0 Å². The molecule has 7 nitrogen and oxygen atoms in total. The number of hydrogen-bond donors (Lipinski definition) is 2. The highest BCUT2D eigenvalue weighted by Crippen LogP contribution is 2.34. The molecule has 0 unspecified atom stereocenters.